The fourth-order valence-corrected chi connectivity index (χ4v) is 4.02. The Kier molecular flexibility index (Phi) is 2.88. The molecule has 4 heteroatoms. The molecule has 2 bridgehead atoms. The topological polar surface area (TPSA) is 38.5 Å². The molecule has 2 aliphatic heterocycles. The zero-order valence-electron chi connectivity index (χ0n) is 11.6. The van der Waals surface area contributed by atoms with E-state index >= 15 is 0 Å². The maximum Gasteiger partial charge on any atom is 0.167 e. The van der Waals surface area contributed by atoms with E-state index in [0.717, 1.165) is 18.9 Å². The lowest BCUT2D eigenvalue weighted by molar-refractivity contribution is 0.0424. The molecule has 1 unspecified atom stereocenters. The smallest absolute Gasteiger partial charge is 0.167 e. The van der Waals surface area contributed by atoms with Gasteiger partial charge in [0.25, 0.3) is 0 Å². The summed E-state index contributed by atoms with van der Waals surface area (Å²) in [5, 5.41) is 0. The SMILES string of the molecule is Nc1ccc(OC2C[C@H]3CC[C@@H](C2)N3C2CC2)c(F)c1. The maximum absolute atomic E-state index is 13.8. The fourth-order valence-electron chi connectivity index (χ4n) is 4.02. The van der Waals surface area contributed by atoms with Crippen LogP contribution in [0, 0.1) is 5.82 Å². The molecule has 108 valence electrons. The third kappa shape index (κ3) is 2.16. The van der Waals surface area contributed by atoms with Gasteiger partial charge in [-0.15, -0.1) is 0 Å². The van der Waals surface area contributed by atoms with Gasteiger partial charge in [-0.1, -0.05) is 0 Å². The van der Waals surface area contributed by atoms with Crippen LogP contribution in [-0.2, 0) is 0 Å². The number of halogens is 1. The minimum Gasteiger partial charge on any atom is -0.487 e. The van der Waals surface area contributed by atoms with Gasteiger partial charge in [0.05, 0.1) is 0 Å². The normalized spacial score (nSPS) is 33.4. The number of ether oxygens (including phenoxy) is 1. The second kappa shape index (κ2) is 4.62. The highest BCUT2D eigenvalue weighted by Gasteiger charge is 2.47. The van der Waals surface area contributed by atoms with Crippen LogP contribution in [0.1, 0.15) is 38.5 Å². The summed E-state index contributed by atoms with van der Waals surface area (Å²) >= 11 is 0. The molecule has 3 nitrogen and oxygen atoms in total. The molecule has 1 saturated carbocycles. The van der Waals surface area contributed by atoms with E-state index in [4.69, 9.17) is 10.5 Å². The molecular formula is C16H21FN2O. The summed E-state index contributed by atoms with van der Waals surface area (Å²) in [4.78, 5) is 2.72. The molecule has 2 N–H and O–H groups in total. The molecule has 20 heavy (non-hydrogen) atoms. The van der Waals surface area contributed by atoms with Crippen molar-refractivity contribution in [3.8, 4) is 5.75 Å². The zero-order valence-corrected chi connectivity index (χ0v) is 11.6. The number of nitrogens with zero attached hydrogens (tertiary/aromatic N) is 1. The number of nitrogen functional groups attached to an aromatic ring is 1. The first-order valence-electron chi connectivity index (χ1n) is 7.70. The first-order chi connectivity index (χ1) is 9.70. The van der Waals surface area contributed by atoms with Crippen LogP contribution >= 0.6 is 0 Å². The Bertz CT molecular complexity index is 503. The third-order valence-electron chi connectivity index (χ3n) is 4.96. The Morgan fingerprint density at radius 3 is 2.30 bits per heavy atom. The molecule has 2 heterocycles. The van der Waals surface area contributed by atoms with E-state index in [9.17, 15) is 4.39 Å². The zero-order chi connectivity index (χ0) is 13.7. The van der Waals surface area contributed by atoms with E-state index in [1.165, 1.54) is 31.7 Å². The van der Waals surface area contributed by atoms with Crippen molar-refractivity contribution in [2.75, 3.05) is 5.73 Å². The standard InChI is InChI=1S/C16H21FN2O/c17-15-7-10(18)1-6-16(15)20-14-8-12-4-5-13(9-14)19(12)11-2-3-11/h1,6-7,11-14H,2-5,8-9,18H2/t12-,13+,14?. The van der Waals surface area contributed by atoms with Crippen LogP contribution in [0.15, 0.2) is 18.2 Å². The van der Waals surface area contributed by atoms with Gasteiger partial charge in [0.15, 0.2) is 11.6 Å². The molecule has 0 radical (unpaired) electrons. The van der Waals surface area contributed by atoms with Crippen molar-refractivity contribution >= 4 is 5.69 Å². The molecule has 3 atom stereocenters. The summed E-state index contributed by atoms with van der Waals surface area (Å²) < 4.78 is 19.7. The van der Waals surface area contributed by atoms with E-state index < -0.39 is 0 Å². The number of nitrogens with two attached hydrogens (primary N) is 1. The number of fused-ring (bicyclic) bond motifs is 2. The third-order valence-corrected chi connectivity index (χ3v) is 4.96. The monoisotopic (exact) mass is 276 g/mol. The number of anilines is 1. The molecule has 0 spiro atoms. The minimum atomic E-state index is -0.345. The Balaban J connectivity index is 1.46. The highest BCUT2D eigenvalue weighted by Crippen LogP contribution is 2.44. The number of benzene rings is 1. The molecule has 1 aromatic carbocycles. The first kappa shape index (κ1) is 12.5. The van der Waals surface area contributed by atoms with E-state index in [1.54, 1.807) is 12.1 Å². The molecule has 1 aromatic rings. The molecule has 0 amide bonds. The van der Waals surface area contributed by atoms with Gasteiger partial charge in [-0.3, -0.25) is 4.90 Å². The van der Waals surface area contributed by atoms with Crippen LogP contribution in [0.2, 0.25) is 0 Å². The van der Waals surface area contributed by atoms with Gasteiger partial charge >= 0.3 is 0 Å². The summed E-state index contributed by atoms with van der Waals surface area (Å²) in [6, 6.07) is 6.84. The van der Waals surface area contributed by atoms with Crippen LogP contribution < -0.4 is 10.5 Å². The summed E-state index contributed by atoms with van der Waals surface area (Å²) in [5.41, 5.74) is 6.01. The van der Waals surface area contributed by atoms with Gasteiger partial charge in [-0.2, -0.15) is 0 Å². The molecule has 0 aromatic heterocycles. The molecular weight excluding hydrogens is 255 g/mol. The van der Waals surface area contributed by atoms with Gasteiger partial charge in [-0.25, -0.2) is 4.39 Å². The first-order valence-corrected chi connectivity index (χ1v) is 7.70. The second-order valence-electron chi connectivity index (χ2n) is 6.46. The Morgan fingerprint density at radius 2 is 1.70 bits per heavy atom. The average Bonchev–Trinajstić information content (AvgIpc) is 3.21. The fraction of sp³-hybridized carbons (Fsp3) is 0.625. The molecule has 1 aliphatic carbocycles. The van der Waals surface area contributed by atoms with Crippen molar-refractivity contribution < 1.29 is 9.13 Å². The average molecular weight is 276 g/mol. The maximum atomic E-state index is 13.8. The van der Waals surface area contributed by atoms with E-state index in [-0.39, 0.29) is 11.9 Å². The Hall–Kier alpha value is -1.29. The Morgan fingerprint density at radius 1 is 1.05 bits per heavy atom. The lowest BCUT2D eigenvalue weighted by atomic mass is 9.99. The predicted octanol–water partition coefficient (Wildman–Crippen LogP) is 2.94. The van der Waals surface area contributed by atoms with E-state index in [0.29, 0.717) is 23.5 Å². The summed E-state index contributed by atoms with van der Waals surface area (Å²) in [6.07, 6.45) is 7.53. The predicted molar refractivity (Wildman–Crippen MR) is 76.1 cm³/mol. The summed E-state index contributed by atoms with van der Waals surface area (Å²) in [6.45, 7) is 0. The van der Waals surface area contributed by atoms with Crippen molar-refractivity contribution in [3.63, 3.8) is 0 Å². The van der Waals surface area contributed by atoms with Crippen molar-refractivity contribution in [1.82, 2.24) is 4.90 Å². The highest BCUT2D eigenvalue weighted by atomic mass is 19.1. The number of hydrogen-bond donors (Lipinski definition) is 1. The van der Waals surface area contributed by atoms with Crippen molar-refractivity contribution in [3.05, 3.63) is 24.0 Å². The minimum absolute atomic E-state index is 0.153. The summed E-state index contributed by atoms with van der Waals surface area (Å²) in [5.74, 6) is 0.00504. The quantitative estimate of drug-likeness (QED) is 0.863. The lowest BCUT2D eigenvalue weighted by Gasteiger charge is -2.39. The number of rotatable bonds is 3. The van der Waals surface area contributed by atoms with Gasteiger partial charge in [0, 0.05) is 29.9 Å². The van der Waals surface area contributed by atoms with Crippen LogP contribution in [-0.4, -0.2) is 29.1 Å². The molecule has 4 rings (SSSR count). The van der Waals surface area contributed by atoms with Gasteiger partial charge in [0.1, 0.15) is 6.10 Å². The molecule has 3 fully saturated rings. The van der Waals surface area contributed by atoms with Crippen molar-refractivity contribution in [2.24, 2.45) is 0 Å². The molecule has 3 aliphatic rings. The Labute approximate surface area is 118 Å². The number of hydrogen-bond acceptors (Lipinski definition) is 3. The van der Waals surface area contributed by atoms with E-state index in [2.05, 4.69) is 4.90 Å². The van der Waals surface area contributed by atoms with Crippen LogP contribution in [0.25, 0.3) is 0 Å². The number of piperidine rings is 1. The highest BCUT2D eigenvalue weighted by molar-refractivity contribution is 5.42. The molecule has 2 saturated heterocycles. The van der Waals surface area contributed by atoms with Crippen LogP contribution in [0.4, 0.5) is 10.1 Å². The largest absolute Gasteiger partial charge is 0.487 e. The van der Waals surface area contributed by atoms with Gasteiger partial charge in [0.2, 0.25) is 0 Å². The van der Waals surface area contributed by atoms with Crippen LogP contribution in [0.3, 0.4) is 0 Å². The van der Waals surface area contributed by atoms with E-state index in [1.807, 2.05) is 0 Å². The van der Waals surface area contributed by atoms with Gasteiger partial charge < -0.3 is 10.5 Å². The summed E-state index contributed by atoms with van der Waals surface area (Å²) in [7, 11) is 0. The van der Waals surface area contributed by atoms with Crippen LogP contribution in [0.5, 0.6) is 5.75 Å². The second-order valence-corrected chi connectivity index (χ2v) is 6.46. The van der Waals surface area contributed by atoms with Gasteiger partial charge in [-0.05, 0) is 50.7 Å². The lowest BCUT2D eigenvalue weighted by Crippen LogP contribution is -2.47. The van der Waals surface area contributed by atoms with Crippen molar-refractivity contribution in [1.29, 1.82) is 0 Å². The van der Waals surface area contributed by atoms with Crippen molar-refractivity contribution in [2.45, 2.75) is 62.8 Å².